The van der Waals surface area contributed by atoms with Gasteiger partial charge < -0.3 is 19.1 Å². The summed E-state index contributed by atoms with van der Waals surface area (Å²) < 4.78 is 16.0. The fourth-order valence-corrected chi connectivity index (χ4v) is 2.22. The smallest absolute Gasteiger partial charge is 0.410 e. The molecule has 128 valence electrons. The van der Waals surface area contributed by atoms with Crippen LogP contribution in [-0.2, 0) is 19.0 Å². The lowest BCUT2D eigenvalue weighted by Crippen LogP contribution is -2.42. The Morgan fingerprint density at radius 1 is 1.05 bits per heavy atom. The van der Waals surface area contributed by atoms with Crippen molar-refractivity contribution in [1.29, 1.82) is 0 Å². The van der Waals surface area contributed by atoms with Crippen molar-refractivity contribution >= 4 is 12.1 Å². The van der Waals surface area contributed by atoms with Gasteiger partial charge in [-0.2, -0.15) is 0 Å². The second-order valence-electron chi connectivity index (χ2n) is 7.57. The molecule has 6 heteroatoms. The number of nitrogens with zero attached hydrogens (tertiary/aromatic N) is 1. The van der Waals surface area contributed by atoms with Crippen molar-refractivity contribution in [2.45, 2.75) is 71.6 Å². The summed E-state index contributed by atoms with van der Waals surface area (Å²) in [7, 11) is 0. The molecular formula is C16H29NO5. The van der Waals surface area contributed by atoms with Crippen molar-refractivity contribution in [3.05, 3.63) is 0 Å². The highest BCUT2D eigenvalue weighted by Gasteiger charge is 2.32. The molecule has 0 aromatic rings. The number of carbonyl (C=O) groups is 2. The van der Waals surface area contributed by atoms with Crippen LogP contribution in [0.25, 0.3) is 0 Å². The Morgan fingerprint density at radius 3 is 2.18 bits per heavy atom. The predicted molar refractivity (Wildman–Crippen MR) is 82.6 cm³/mol. The lowest BCUT2D eigenvalue weighted by Gasteiger charge is -2.28. The number of ether oxygens (including phenoxy) is 3. The molecule has 1 heterocycles. The molecule has 0 bridgehead atoms. The number of hydrogen-bond donors (Lipinski definition) is 0. The summed E-state index contributed by atoms with van der Waals surface area (Å²) in [5.41, 5.74) is -1.03. The fourth-order valence-electron chi connectivity index (χ4n) is 2.22. The van der Waals surface area contributed by atoms with Crippen LogP contribution in [0.3, 0.4) is 0 Å². The molecular weight excluding hydrogens is 286 g/mol. The molecule has 0 aromatic carbocycles. The van der Waals surface area contributed by atoms with E-state index in [1.807, 2.05) is 41.5 Å². The van der Waals surface area contributed by atoms with Crippen LogP contribution in [-0.4, -0.2) is 54.0 Å². The first kappa shape index (κ1) is 18.7. The molecule has 1 aliphatic rings. The first-order valence-corrected chi connectivity index (χ1v) is 7.77. The highest BCUT2D eigenvalue weighted by atomic mass is 16.6. The summed E-state index contributed by atoms with van der Waals surface area (Å²) in [6, 6.07) is -0.0442. The SMILES string of the molecule is CC(C)(C)OC(=O)COCC1CCCN1C(=O)OC(C)(C)C. The first-order valence-electron chi connectivity index (χ1n) is 7.77. The molecule has 0 aromatic heterocycles. The van der Waals surface area contributed by atoms with Gasteiger partial charge in [0.25, 0.3) is 0 Å². The minimum Gasteiger partial charge on any atom is -0.458 e. The van der Waals surface area contributed by atoms with E-state index in [9.17, 15) is 9.59 Å². The Morgan fingerprint density at radius 2 is 1.64 bits per heavy atom. The van der Waals surface area contributed by atoms with Crippen molar-refractivity contribution < 1.29 is 23.8 Å². The fraction of sp³-hybridized carbons (Fsp3) is 0.875. The van der Waals surface area contributed by atoms with Crippen molar-refractivity contribution in [1.82, 2.24) is 4.90 Å². The van der Waals surface area contributed by atoms with Gasteiger partial charge in [0.15, 0.2) is 0 Å². The van der Waals surface area contributed by atoms with Gasteiger partial charge in [-0.15, -0.1) is 0 Å². The van der Waals surface area contributed by atoms with Gasteiger partial charge >= 0.3 is 12.1 Å². The second kappa shape index (κ2) is 7.31. The molecule has 1 rings (SSSR count). The van der Waals surface area contributed by atoms with Crippen molar-refractivity contribution in [3.63, 3.8) is 0 Å². The number of hydrogen-bond acceptors (Lipinski definition) is 5. The Labute approximate surface area is 133 Å². The van der Waals surface area contributed by atoms with Crippen LogP contribution in [0.1, 0.15) is 54.4 Å². The van der Waals surface area contributed by atoms with E-state index in [2.05, 4.69) is 0 Å². The van der Waals surface area contributed by atoms with Crippen LogP contribution in [0.5, 0.6) is 0 Å². The zero-order valence-corrected chi connectivity index (χ0v) is 14.6. The van der Waals surface area contributed by atoms with Gasteiger partial charge in [-0.05, 0) is 54.4 Å². The zero-order chi connectivity index (χ0) is 17.0. The summed E-state index contributed by atoms with van der Waals surface area (Å²) in [5.74, 6) is -0.394. The van der Waals surface area contributed by atoms with Crippen LogP contribution in [0, 0.1) is 0 Å². The average molecular weight is 315 g/mol. The lowest BCUT2D eigenvalue weighted by molar-refractivity contribution is -0.160. The quantitative estimate of drug-likeness (QED) is 0.746. The summed E-state index contributed by atoms with van der Waals surface area (Å²) in [6.07, 6.45) is 1.45. The maximum Gasteiger partial charge on any atom is 0.410 e. The third kappa shape index (κ3) is 7.11. The van der Waals surface area contributed by atoms with Crippen LogP contribution in [0.2, 0.25) is 0 Å². The summed E-state index contributed by atoms with van der Waals surface area (Å²) in [6.45, 7) is 11.8. The molecule has 1 aliphatic heterocycles. The van der Waals surface area contributed by atoms with E-state index >= 15 is 0 Å². The van der Waals surface area contributed by atoms with Gasteiger partial charge in [0.05, 0.1) is 12.6 Å². The van der Waals surface area contributed by atoms with Crippen LogP contribution in [0.4, 0.5) is 4.79 Å². The van der Waals surface area contributed by atoms with Crippen molar-refractivity contribution in [3.8, 4) is 0 Å². The normalized spacial score (nSPS) is 19.2. The molecule has 1 atom stereocenters. The number of likely N-dealkylation sites (tertiary alicyclic amines) is 1. The highest BCUT2D eigenvalue weighted by molar-refractivity contribution is 5.71. The molecule has 1 saturated heterocycles. The van der Waals surface area contributed by atoms with Gasteiger partial charge in [0, 0.05) is 6.54 Å². The second-order valence-corrected chi connectivity index (χ2v) is 7.57. The molecule has 6 nitrogen and oxygen atoms in total. The lowest BCUT2D eigenvalue weighted by atomic mass is 10.2. The van der Waals surface area contributed by atoms with Crippen molar-refractivity contribution in [2.75, 3.05) is 19.8 Å². The van der Waals surface area contributed by atoms with E-state index in [1.165, 1.54) is 0 Å². The average Bonchev–Trinajstić information content (AvgIpc) is 2.72. The van der Waals surface area contributed by atoms with Crippen LogP contribution < -0.4 is 0 Å². The van der Waals surface area contributed by atoms with E-state index < -0.39 is 17.2 Å². The summed E-state index contributed by atoms with van der Waals surface area (Å²) >= 11 is 0. The third-order valence-corrected chi connectivity index (χ3v) is 2.96. The largest absolute Gasteiger partial charge is 0.458 e. The molecule has 0 radical (unpaired) electrons. The van der Waals surface area contributed by atoms with Crippen molar-refractivity contribution in [2.24, 2.45) is 0 Å². The van der Waals surface area contributed by atoms with Gasteiger partial charge in [0.1, 0.15) is 17.8 Å². The third-order valence-electron chi connectivity index (χ3n) is 2.96. The maximum atomic E-state index is 12.1. The number of esters is 1. The van der Waals surface area contributed by atoms with Gasteiger partial charge in [-0.25, -0.2) is 9.59 Å². The Hall–Kier alpha value is -1.30. The topological polar surface area (TPSA) is 65.1 Å². The molecule has 1 fully saturated rings. The van der Waals surface area contributed by atoms with Crippen LogP contribution >= 0.6 is 0 Å². The molecule has 0 spiro atoms. The van der Waals surface area contributed by atoms with E-state index in [0.717, 1.165) is 12.8 Å². The van der Waals surface area contributed by atoms with Gasteiger partial charge in [-0.3, -0.25) is 0 Å². The monoisotopic (exact) mass is 315 g/mol. The standard InChI is InChI=1S/C16H29NO5/c1-15(2,3)21-13(18)11-20-10-12-8-7-9-17(12)14(19)22-16(4,5)6/h12H,7-11H2,1-6H3. The summed E-state index contributed by atoms with van der Waals surface area (Å²) in [5, 5.41) is 0. The Bertz CT molecular complexity index is 394. The number of carbonyl (C=O) groups excluding carboxylic acids is 2. The van der Waals surface area contributed by atoms with E-state index in [4.69, 9.17) is 14.2 Å². The molecule has 0 aliphatic carbocycles. The molecule has 1 amide bonds. The molecule has 1 unspecified atom stereocenters. The zero-order valence-electron chi connectivity index (χ0n) is 14.6. The molecule has 22 heavy (non-hydrogen) atoms. The van der Waals surface area contributed by atoms with E-state index in [0.29, 0.717) is 13.2 Å². The molecule has 0 saturated carbocycles. The van der Waals surface area contributed by atoms with Gasteiger partial charge in [-0.1, -0.05) is 0 Å². The number of amides is 1. The molecule has 0 N–H and O–H groups in total. The van der Waals surface area contributed by atoms with Gasteiger partial charge in [0.2, 0.25) is 0 Å². The maximum absolute atomic E-state index is 12.1. The van der Waals surface area contributed by atoms with E-state index in [-0.39, 0.29) is 18.7 Å². The van der Waals surface area contributed by atoms with E-state index in [1.54, 1.807) is 4.90 Å². The van der Waals surface area contributed by atoms with Crippen LogP contribution in [0.15, 0.2) is 0 Å². The Balaban J connectivity index is 2.38. The predicted octanol–water partition coefficient (Wildman–Crippen LogP) is 2.74. The number of rotatable bonds is 4. The highest BCUT2D eigenvalue weighted by Crippen LogP contribution is 2.21. The first-order chi connectivity index (χ1) is 9.98. The minimum absolute atomic E-state index is 0.0442. The Kier molecular flexibility index (Phi) is 6.23. The summed E-state index contributed by atoms with van der Waals surface area (Å²) in [4.78, 5) is 25.4. The minimum atomic E-state index is -0.518.